The fourth-order valence-corrected chi connectivity index (χ4v) is 3.60. The Labute approximate surface area is 162 Å². The van der Waals surface area contributed by atoms with E-state index in [2.05, 4.69) is 10.3 Å². The number of rotatable bonds is 8. The Hall–Kier alpha value is -2.73. The van der Waals surface area contributed by atoms with Gasteiger partial charge >= 0.3 is 5.97 Å². The summed E-state index contributed by atoms with van der Waals surface area (Å²) in [6.45, 7) is 2.19. The lowest BCUT2D eigenvalue weighted by molar-refractivity contribution is -0.148. The molecule has 0 spiro atoms. The molecule has 0 bridgehead atoms. The van der Waals surface area contributed by atoms with Crippen molar-refractivity contribution in [3.05, 3.63) is 64.7 Å². The second-order valence-corrected chi connectivity index (χ2v) is 7.47. The van der Waals surface area contributed by atoms with E-state index in [0.717, 1.165) is 27.2 Å². The summed E-state index contributed by atoms with van der Waals surface area (Å²) < 4.78 is 6.19. The Morgan fingerprint density at radius 3 is 2.67 bits per heavy atom. The standard InChI is InChI=1S/C21H22N2O3S/c1-15-9-11-16(12-10-15)13-22-19(24)14-26-21(25)8-4-7-20-23-17-5-2-3-6-18(17)27-20/h2-3,5-6,9-12H,4,7-8,13-14H2,1H3,(H,22,24). The van der Waals surface area contributed by atoms with Crippen molar-refractivity contribution in [2.24, 2.45) is 0 Å². The number of hydrogen-bond donors (Lipinski definition) is 1. The molecule has 0 fully saturated rings. The molecule has 1 N–H and O–H groups in total. The summed E-state index contributed by atoms with van der Waals surface area (Å²) in [5.41, 5.74) is 3.17. The molecule has 0 aliphatic rings. The molecule has 0 saturated heterocycles. The van der Waals surface area contributed by atoms with E-state index in [0.29, 0.717) is 13.0 Å². The molecule has 1 amide bonds. The van der Waals surface area contributed by atoms with Gasteiger partial charge in [-0.05, 0) is 37.5 Å². The molecule has 0 aliphatic carbocycles. The maximum absolute atomic E-state index is 11.8. The zero-order valence-corrected chi connectivity index (χ0v) is 16.1. The van der Waals surface area contributed by atoms with Crippen molar-refractivity contribution in [3.8, 4) is 0 Å². The first-order valence-corrected chi connectivity index (χ1v) is 9.74. The molecule has 27 heavy (non-hydrogen) atoms. The molecule has 1 aromatic heterocycles. The number of esters is 1. The predicted octanol–water partition coefficient (Wildman–Crippen LogP) is 3.79. The molecule has 0 saturated carbocycles. The lowest BCUT2D eigenvalue weighted by atomic mass is 10.1. The molecule has 6 heteroatoms. The highest BCUT2D eigenvalue weighted by molar-refractivity contribution is 7.18. The fraction of sp³-hybridized carbons (Fsp3) is 0.286. The topological polar surface area (TPSA) is 68.3 Å². The molecule has 140 valence electrons. The van der Waals surface area contributed by atoms with E-state index < -0.39 is 0 Å². The van der Waals surface area contributed by atoms with Gasteiger partial charge in [0.25, 0.3) is 5.91 Å². The number of hydrogen-bond acceptors (Lipinski definition) is 5. The summed E-state index contributed by atoms with van der Waals surface area (Å²) in [5.74, 6) is -0.656. The van der Waals surface area contributed by atoms with Crippen LogP contribution in [0, 0.1) is 6.92 Å². The summed E-state index contributed by atoms with van der Waals surface area (Å²) in [5, 5.41) is 3.76. The maximum Gasteiger partial charge on any atom is 0.306 e. The number of carbonyl (C=O) groups is 2. The highest BCUT2D eigenvalue weighted by Crippen LogP contribution is 2.22. The van der Waals surface area contributed by atoms with Crippen molar-refractivity contribution in [1.82, 2.24) is 10.3 Å². The van der Waals surface area contributed by atoms with Crippen LogP contribution in [-0.2, 0) is 27.3 Å². The second-order valence-electron chi connectivity index (χ2n) is 6.35. The molecule has 2 aromatic carbocycles. The van der Waals surface area contributed by atoms with Gasteiger partial charge in [0.15, 0.2) is 6.61 Å². The van der Waals surface area contributed by atoms with E-state index in [1.807, 2.05) is 55.5 Å². The van der Waals surface area contributed by atoms with Gasteiger partial charge in [-0.3, -0.25) is 9.59 Å². The number of carbonyl (C=O) groups excluding carboxylic acids is 2. The highest BCUT2D eigenvalue weighted by Gasteiger charge is 2.09. The van der Waals surface area contributed by atoms with Crippen LogP contribution in [0.5, 0.6) is 0 Å². The van der Waals surface area contributed by atoms with Gasteiger partial charge in [-0.25, -0.2) is 4.98 Å². The van der Waals surface area contributed by atoms with Gasteiger partial charge in [0, 0.05) is 13.0 Å². The van der Waals surface area contributed by atoms with E-state index in [-0.39, 0.29) is 24.9 Å². The summed E-state index contributed by atoms with van der Waals surface area (Å²) in [7, 11) is 0. The molecular weight excluding hydrogens is 360 g/mol. The van der Waals surface area contributed by atoms with Gasteiger partial charge in [-0.1, -0.05) is 42.0 Å². The molecular formula is C21H22N2O3S. The highest BCUT2D eigenvalue weighted by atomic mass is 32.1. The van der Waals surface area contributed by atoms with Gasteiger partial charge in [0.05, 0.1) is 15.2 Å². The Kier molecular flexibility index (Phi) is 6.54. The van der Waals surface area contributed by atoms with Gasteiger partial charge < -0.3 is 10.1 Å². The van der Waals surface area contributed by atoms with E-state index in [4.69, 9.17) is 4.74 Å². The van der Waals surface area contributed by atoms with Crippen LogP contribution >= 0.6 is 11.3 Å². The lowest BCUT2D eigenvalue weighted by Gasteiger charge is -2.07. The zero-order chi connectivity index (χ0) is 19.1. The van der Waals surface area contributed by atoms with Gasteiger partial charge in [-0.2, -0.15) is 0 Å². The minimum absolute atomic E-state index is 0.244. The average Bonchev–Trinajstić information content (AvgIpc) is 3.08. The number of nitrogens with zero attached hydrogens (tertiary/aromatic N) is 1. The Morgan fingerprint density at radius 2 is 1.89 bits per heavy atom. The van der Waals surface area contributed by atoms with Crippen molar-refractivity contribution >= 4 is 33.4 Å². The van der Waals surface area contributed by atoms with Gasteiger partial charge in [0.2, 0.25) is 0 Å². The number of nitrogens with one attached hydrogen (secondary N) is 1. The number of benzene rings is 2. The van der Waals surface area contributed by atoms with Crippen molar-refractivity contribution < 1.29 is 14.3 Å². The molecule has 0 aliphatic heterocycles. The number of aryl methyl sites for hydroxylation is 2. The third-order valence-electron chi connectivity index (χ3n) is 4.08. The summed E-state index contributed by atoms with van der Waals surface area (Å²) in [6.07, 6.45) is 1.67. The number of aromatic nitrogens is 1. The third kappa shape index (κ3) is 5.89. The van der Waals surface area contributed by atoms with Crippen LogP contribution in [-0.4, -0.2) is 23.5 Å². The Balaban J connectivity index is 1.33. The number of thiazole rings is 1. The SMILES string of the molecule is Cc1ccc(CNC(=O)COC(=O)CCCc2nc3ccccc3s2)cc1. The molecule has 3 rings (SSSR count). The largest absolute Gasteiger partial charge is 0.456 e. The average molecular weight is 382 g/mol. The second kappa shape index (κ2) is 9.28. The molecule has 5 nitrogen and oxygen atoms in total. The Bertz CT molecular complexity index is 886. The summed E-state index contributed by atoms with van der Waals surface area (Å²) >= 11 is 1.65. The molecule has 0 atom stereocenters. The maximum atomic E-state index is 11.8. The Morgan fingerprint density at radius 1 is 1.11 bits per heavy atom. The first-order chi connectivity index (χ1) is 13.1. The van der Waals surface area contributed by atoms with Gasteiger partial charge in [0.1, 0.15) is 0 Å². The smallest absolute Gasteiger partial charge is 0.306 e. The van der Waals surface area contributed by atoms with Crippen LogP contribution in [0.25, 0.3) is 10.2 Å². The summed E-state index contributed by atoms with van der Waals surface area (Å²) in [6, 6.07) is 15.9. The van der Waals surface area contributed by atoms with Crippen LogP contribution < -0.4 is 5.32 Å². The zero-order valence-electron chi connectivity index (χ0n) is 15.2. The van der Waals surface area contributed by atoms with Gasteiger partial charge in [-0.15, -0.1) is 11.3 Å². The molecule has 1 heterocycles. The van der Waals surface area contributed by atoms with Crippen molar-refractivity contribution in [1.29, 1.82) is 0 Å². The number of amides is 1. The van der Waals surface area contributed by atoms with E-state index in [9.17, 15) is 9.59 Å². The minimum atomic E-state index is -0.360. The molecule has 0 radical (unpaired) electrons. The van der Waals surface area contributed by atoms with E-state index in [1.54, 1.807) is 11.3 Å². The first kappa shape index (κ1) is 19.0. The number of fused-ring (bicyclic) bond motifs is 1. The first-order valence-electron chi connectivity index (χ1n) is 8.92. The lowest BCUT2D eigenvalue weighted by Crippen LogP contribution is -2.28. The van der Waals surface area contributed by atoms with Crippen molar-refractivity contribution in [2.45, 2.75) is 32.7 Å². The fourth-order valence-electron chi connectivity index (χ4n) is 2.59. The third-order valence-corrected chi connectivity index (χ3v) is 5.18. The molecule has 0 unspecified atom stereocenters. The number of ether oxygens (including phenoxy) is 1. The quantitative estimate of drug-likeness (QED) is 0.602. The number of para-hydroxylation sites is 1. The molecule has 3 aromatic rings. The minimum Gasteiger partial charge on any atom is -0.456 e. The van der Waals surface area contributed by atoms with Crippen LogP contribution in [0.3, 0.4) is 0 Å². The predicted molar refractivity (Wildman–Crippen MR) is 107 cm³/mol. The van der Waals surface area contributed by atoms with Crippen LogP contribution in [0.2, 0.25) is 0 Å². The monoisotopic (exact) mass is 382 g/mol. The van der Waals surface area contributed by atoms with E-state index in [1.165, 1.54) is 5.56 Å². The normalized spacial score (nSPS) is 10.7. The summed E-state index contributed by atoms with van der Waals surface area (Å²) in [4.78, 5) is 28.1. The van der Waals surface area contributed by atoms with Crippen molar-refractivity contribution in [2.75, 3.05) is 6.61 Å². The van der Waals surface area contributed by atoms with Crippen LogP contribution in [0.1, 0.15) is 29.0 Å². The van der Waals surface area contributed by atoms with E-state index >= 15 is 0 Å². The van der Waals surface area contributed by atoms with Crippen LogP contribution in [0.4, 0.5) is 0 Å². The van der Waals surface area contributed by atoms with Crippen LogP contribution in [0.15, 0.2) is 48.5 Å². The van der Waals surface area contributed by atoms with Crippen molar-refractivity contribution in [3.63, 3.8) is 0 Å².